The van der Waals surface area contributed by atoms with E-state index in [0.717, 1.165) is 22.3 Å². The van der Waals surface area contributed by atoms with Gasteiger partial charge in [0.2, 0.25) is 0 Å². The zero-order valence-electron chi connectivity index (χ0n) is 16.2. The number of ether oxygens (including phenoxy) is 1. The lowest BCUT2D eigenvalue weighted by molar-refractivity contribution is 0.0178. The van der Waals surface area contributed by atoms with Crippen LogP contribution < -0.4 is 5.32 Å². The van der Waals surface area contributed by atoms with Crippen molar-refractivity contribution in [2.24, 2.45) is 0 Å². The SMILES string of the molecule is O=C(NCC(O)C(O)c1ccsc1CO)OCC1c2ccccc2-c2ccccc21. The molecule has 4 rings (SSSR count). The Kier molecular flexibility index (Phi) is 6.15. The molecule has 0 saturated carbocycles. The number of aliphatic hydroxyl groups excluding tert-OH is 3. The molecule has 6 nitrogen and oxygen atoms in total. The van der Waals surface area contributed by atoms with Crippen molar-refractivity contribution in [2.75, 3.05) is 13.2 Å². The van der Waals surface area contributed by atoms with Crippen molar-refractivity contribution in [1.82, 2.24) is 5.32 Å². The van der Waals surface area contributed by atoms with E-state index in [1.165, 1.54) is 11.3 Å². The average molecular weight is 426 g/mol. The minimum Gasteiger partial charge on any atom is -0.449 e. The van der Waals surface area contributed by atoms with Crippen LogP contribution in [0.15, 0.2) is 60.0 Å². The largest absolute Gasteiger partial charge is 0.449 e. The fourth-order valence-electron chi connectivity index (χ4n) is 3.90. The van der Waals surface area contributed by atoms with Gasteiger partial charge in [0.1, 0.15) is 18.8 Å². The van der Waals surface area contributed by atoms with E-state index in [2.05, 4.69) is 17.4 Å². The molecule has 1 aliphatic rings. The van der Waals surface area contributed by atoms with Crippen LogP contribution in [-0.2, 0) is 11.3 Å². The number of carbonyl (C=O) groups excluding carboxylic acids is 1. The summed E-state index contributed by atoms with van der Waals surface area (Å²) in [7, 11) is 0. The maximum atomic E-state index is 12.2. The monoisotopic (exact) mass is 425 g/mol. The van der Waals surface area contributed by atoms with E-state index in [4.69, 9.17) is 4.74 Å². The fourth-order valence-corrected chi connectivity index (χ4v) is 4.68. The summed E-state index contributed by atoms with van der Waals surface area (Å²) in [6, 6.07) is 17.8. The summed E-state index contributed by atoms with van der Waals surface area (Å²) in [5.74, 6) is -0.0448. The van der Waals surface area contributed by atoms with E-state index in [-0.39, 0.29) is 25.7 Å². The smallest absolute Gasteiger partial charge is 0.407 e. The van der Waals surface area contributed by atoms with Gasteiger partial charge in [0, 0.05) is 17.3 Å². The number of alkyl carbamates (subject to hydrolysis) is 1. The molecule has 1 amide bonds. The quantitative estimate of drug-likeness (QED) is 0.466. The molecule has 156 valence electrons. The van der Waals surface area contributed by atoms with Crippen LogP contribution in [0.3, 0.4) is 0 Å². The summed E-state index contributed by atoms with van der Waals surface area (Å²) in [5, 5.41) is 34.0. The zero-order chi connectivity index (χ0) is 21.1. The predicted molar refractivity (Wildman–Crippen MR) is 114 cm³/mol. The van der Waals surface area contributed by atoms with Gasteiger partial charge in [0.25, 0.3) is 0 Å². The van der Waals surface area contributed by atoms with Crippen molar-refractivity contribution in [3.8, 4) is 11.1 Å². The fraction of sp³-hybridized carbons (Fsp3) is 0.261. The Morgan fingerprint density at radius 3 is 2.30 bits per heavy atom. The van der Waals surface area contributed by atoms with Crippen molar-refractivity contribution in [3.05, 3.63) is 81.5 Å². The number of nitrogens with one attached hydrogen (secondary N) is 1. The Morgan fingerprint density at radius 1 is 1.03 bits per heavy atom. The first-order valence-electron chi connectivity index (χ1n) is 9.72. The van der Waals surface area contributed by atoms with Gasteiger partial charge in [0.15, 0.2) is 0 Å². The van der Waals surface area contributed by atoms with E-state index in [1.807, 2.05) is 36.4 Å². The van der Waals surface area contributed by atoms with Gasteiger partial charge in [-0.2, -0.15) is 0 Å². The van der Waals surface area contributed by atoms with Crippen molar-refractivity contribution in [3.63, 3.8) is 0 Å². The van der Waals surface area contributed by atoms with E-state index in [0.29, 0.717) is 10.4 Å². The number of benzene rings is 2. The maximum absolute atomic E-state index is 12.2. The second-order valence-electron chi connectivity index (χ2n) is 7.18. The lowest BCUT2D eigenvalue weighted by Gasteiger charge is -2.19. The van der Waals surface area contributed by atoms with E-state index >= 15 is 0 Å². The third-order valence-corrected chi connectivity index (χ3v) is 6.33. The van der Waals surface area contributed by atoms with Crippen molar-refractivity contribution < 1.29 is 24.9 Å². The van der Waals surface area contributed by atoms with Gasteiger partial charge in [-0.05, 0) is 39.3 Å². The minimum absolute atomic E-state index is 0.0448. The lowest BCUT2D eigenvalue weighted by atomic mass is 9.98. The third-order valence-electron chi connectivity index (χ3n) is 5.41. The Morgan fingerprint density at radius 2 is 1.67 bits per heavy atom. The first-order valence-corrected chi connectivity index (χ1v) is 10.6. The van der Waals surface area contributed by atoms with Crippen LogP contribution in [0.2, 0.25) is 0 Å². The molecule has 1 aromatic heterocycles. The first-order chi connectivity index (χ1) is 14.6. The summed E-state index contributed by atoms with van der Waals surface area (Å²) in [6.07, 6.45) is -3.08. The number of hydrogen-bond donors (Lipinski definition) is 4. The minimum atomic E-state index is -1.22. The zero-order valence-corrected chi connectivity index (χ0v) is 17.0. The van der Waals surface area contributed by atoms with Crippen LogP contribution in [0.5, 0.6) is 0 Å². The van der Waals surface area contributed by atoms with Crippen molar-refractivity contribution >= 4 is 17.4 Å². The number of hydrogen-bond acceptors (Lipinski definition) is 6. The van der Waals surface area contributed by atoms with Crippen LogP contribution in [0.4, 0.5) is 4.79 Å². The highest BCUT2D eigenvalue weighted by atomic mass is 32.1. The number of aliphatic hydroxyl groups is 3. The average Bonchev–Trinajstić information content (AvgIpc) is 3.38. The molecule has 4 N–H and O–H groups in total. The molecule has 3 aromatic rings. The number of rotatable bonds is 7. The Hall–Kier alpha value is -2.71. The van der Waals surface area contributed by atoms with Gasteiger partial charge in [-0.15, -0.1) is 11.3 Å². The van der Waals surface area contributed by atoms with Gasteiger partial charge in [0.05, 0.1) is 6.61 Å². The normalized spacial score (nSPS) is 14.6. The molecule has 2 unspecified atom stereocenters. The number of amides is 1. The summed E-state index contributed by atoms with van der Waals surface area (Å²) >= 11 is 1.30. The molecule has 2 atom stereocenters. The molecule has 7 heteroatoms. The molecule has 0 bridgehead atoms. The first kappa shape index (κ1) is 20.6. The molecule has 0 radical (unpaired) electrons. The second-order valence-corrected chi connectivity index (χ2v) is 8.18. The van der Waals surface area contributed by atoms with Crippen LogP contribution in [0, 0.1) is 0 Å². The summed E-state index contributed by atoms with van der Waals surface area (Å²) < 4.78 is 5.42. The number of carbonyl (C=O) groups is 1. The molecular weight excluding hydrogens is 402 g/mol. The highest BCUT2D eigenvalue weighted by Crippen LogP contribution is 2.44. The Bertz CT molecular complexity index is 988. The number of fused-ring (bicyclic) bond motifs is 3. The molecule has 0 fully saturated rings. The molecule has 0 saturated heterocycles. The standard InChI is InChI=1S/C23H23NO5S/c25-12-21-18(9-10-30-21)22(27)20(26)11-24-23(28)29-13-19-16-7-3-1-5-14(16)15-6-2-4-8-17(15)19/h1-10,19-20,22,25-27H,11-13H2,(H,24,28). The van der Waals surface area contributed by atoms with E-state index in [1.54, 1.807) is 11.4 Å². The lowest BCUT2D eigenvalue weighted by Crippen LogP contribution is -2.36. The van der Waals surface area contributed by atoms with E-state index in [9.17, 15) is 20.1 Å². The van der Waals surface area contributed by atoms with E-state index < -0.39 is 18.3 Å². The van der Waals surface area contributed by atoms with Gasteiger partial charge in [-0.1, -0.05) is 48.5 Å². The molecule has 1 heterocycles. The molecule has 30 heavy (non-hydrogen) atoms. The van der Waals surface area contributed by atoms with Crippen molar-refractivity contribution in [1.29, 1.82) is 0 Å². The van der Waals surface area contributed by atoms with Gasteiger partial charge < -0.3 is 25.4 Å². The molecular formula is C23H23NO5S. The van der Waals surface area contributed by atoms with Crippen LogP contribution in [-0.4, -0.2) is 40.7 Å². The Balaban J connectivity index is 1.34. The van der Waals surface area contributed by atoms with Crippen molar-refractivity contribution in [2.45, 2.75) is 24.7 Å². The summed E-state index contributed by atoms with van der Waals surface area (Å²) in [4.78, 5) is 12.8. The third kappa shape index (κ3) is 3.97. The predicted octanol–water partition coefficient (Wildman–Crippen LogP) is 3.17. The van der Waals surface area contributed by atoms with Crippen LogP contribution in [0.1, 0.15) is 33.6 Å². The molecule has 0 spiro atoms. The summed E-state index contributed by atoms with van der Waals surface area (Å²) in [6.45, 7) is -0.202. The van der Waals surface area contributed by atoms with Gasteiger partial charge >= 0.3 is 6.09 Å². The van der Waals surface area contributed by atoms with Gasteiger partial charge in [-0.3, -0.25) is 0 Å². The molecule has 0 aliphatic heterocycles. The summed E-state index contributed by atoms with van der Waals surface area (Å²) in [5.41, 5.74) is 5.00. The number of thiophene rings is 1. The highest BCUT2D eigenvalue weighted by molar-refractivity contribution is 7.10. The highest BCUT2D eigenvalue weighted by Gasteiger charge is 2.29. The van der Waals surface area contributed by atoms with Crippen LogP contribution >= 0.6 is 11.3 Å². The second kappa shape index (κ2) is 8.97. The molecule has 2 aromatic carbocycles. The maximum Gasteiger partial charge on any atom is 0.407 e. The van der Waals surface area contributed by atoms with Gasteiger partial charge in [-0.25, -0.2) is 4.79 Å². The topological polar surface area (TPSA) is 99.0 Å². The van der Waals surface area contributed by atoms with Crippen LogP contribution in [0.25, 0.3) is 11.1 Å². The molecule has 1 aliphatic carbocycles. The Labute approximate surface area is 178 Å².